The number of rotatable bonds is 3. The van der Waals surface area contributed by atoms with E-state index in [4.69, 9.17) is 5.73 Å². The van der Waals surface area contributed by atoms with Gasteiger partial charge in [0.1, 0.15) is 5.82 Å². The van der Waals surface area contributed by atoms with Gasteiger partial charge in [-0.05, 0) is 43.5 Å². The van der Waals surface area contributed by atoms with Crippen molar-refractivity contribution in [3.63, 3.8) is 0 Å². The van der Waals surface area contributed by atoms with Crippen LogP contribution < -0.4 is 5.73 Å². The number of benzene rings is 1. The summed E-state index contributed by atoms with van der Waals surface area (Å²) < 4.78 is 13.3. The van der Waals surface area contributed by atoms with Crippen molar-refractivity contribution in [2.75, 3.05) is 0 Å². The second-order valence-corrected chi connectivity index (χ2v) is 5.54. The highest BCUT2D eigenvalue weighted by Gasteiger charge is 2.30. The predicted octanol–water partition coefficient (Wildman–Crippen LogP) is 3.37. The van der Waals surface area contributed by atoms with Crippen molar-refractivity contribution in [3.8, 4) is 0 Å². The molecule has 0 heterocycles. The van der Waals surface area contributed by atoms with Gasteiger partial charge < -0.3 is 5.73 Å². The summed E-state index contributed by atoms with van der Waals surface area (Å²) in [5.41, 5.74) is 7.10. The Hall–Kier alpha value is -1.22. The number of carbonyl (C=O) groups excluding carboxylic acids is 1. The van der Waals surface area contributed by atoms with Crippen LogP contribution in [0.3, 0.4) is 0 Å². The summed E-state index contributed by atoms with van der Waals surface area (Å²) in [7, 11) is 0. The largest absolute Gasteiger partial charge is 0.325 e. The molecule has 2 nitrogen and oxygen atoms in total. The number of ketones is 1. The van der Waals surface area contributed by atoms with Gasteiger partial charge in [0.05, 0.1) is 0 Å². The van der Waals surface area contributed by atoms with Gasteiger partial charge in [0.15, 0.2) is 5.78 Å². The molecular weight excluding hydrogens is 229 g/mol. The molecule has 0 amide bonds. The molecule has 18 heavy (non-hydrogen) atoms. The molecule has 1 aliphatic carbocycles. The van der Waals surface area contributed by atoms with E-state index in [-0.39, 0.29) is 17.1 Å². The highest BCUT2D eigenvalue weighted by molar-refractivity contribution is 5.97. The fourth-order valence-electron chi connectivity index (χ4n) is 2.75. The lowest BCUT2D eigenvalue weighted by molar-refractivity contribution is 0.0934. The Bertz CT molecular complexity index is 430. The number of halogens is 1. The van der Waals surface area contributed by atoms with Crippen molar-refractivity contribution in [2.24, 2.45) is 5.73 Å². The van der Waals surface area contributed by atoms with E-state index in [0.29, 0.717) is 12.0 Å². The van der Waals surface area contributed by atoms with E-state index in [0.717, 1.165) is 31.2 Å². The zero-order valence-electron chi connectivity index (χ0n) is 10.8. The van der Waals surface area contributed by atoms with Crippen LogP contribution >= 0.6 is 0 Å². The topological polar surface area (TPSA) is 43.1 Å². The van der Waals surface area contributed by atoms with Crippen molar-refractivity contribution in [2.45, 2.75) is 51.0 Å². The fraction of sp³-hybridized carbons (Fsp3) is 0.533. The van der Waals surface area contributed by atoms with E-state index in [1.807, 2.05) is 0 Å². The predicted molar refractivity (Wildman–Crippen MR) is 70.1 cm³/mol. The summed E-state index contributed by atoms with van der Waals surface area (Å²) in [5, 5.41) is 0. The van der Waals surface area contributed by atoms with Crippen molar-refractivity contribution in [3.05, 3.63) is 35.1 Å². The average Bonchev–Trinajstić information content (AvgIpc) is 2.28. The normalized spacial score (nSPS) is 18.6. The highest BCUT2D eigenvalue weighted by Crippen LogP contribution is 2.30. The molecule has 0 aliphatic heterocycles. The minimum Gasteiger partial charge on any atom is -0.325 e. The number of carbonyl (C=O) groups is 1. The minimum absolute atomic E-state index is 0.0398. The molecule has 1 aromatic carbocycles. The molecule has 1 aromatic rings. The Morgan fingerprint density at radius 3 is 2.56 bits per heavy atom. The number of aryl methyl sites for hydroxylation is 1. The van der Waals surface area contributed by atoms with Crippen molar-refractivity contribution in [1.29, 1.82) is 0 Å². The Morgan fingerprint density at radius 1 is 1.28 bits per heavy atom. The van der Waals surface area contributed by atoms with Crippen LogP contribution in [0.5, 0.6) is 0 Å². The summed E-state index contributed by atoms with van der Waals surface area (Å²) >= 11 is 0. The molecule has 0 spiro atoms. The Labute approximate surface area is 107 Å². The van der Waals surface area contributed by atoms with Gasteiger partial charge in [0.2, 0.25) is 0 Å². The molecule has 2 N–H and O–H groups in total. The fourth-order valence-corrected chi connectivity index (χ4v) is 2.75. The maximum absolute atomic E-state index is 13.3. The van der Waals surface area contributed by atoms with Crippen LogP contribution in [0.15, 0.2) is 18.2 Å². The standard InChI is InChI=1S/C15H20FNO/c1-11-7-12(9-13(16)8-11)14(18)10-15(17)5-3-2-4-6-15/h7-9H,2-6,10,17H2,1H3. The Balaban J connectivity index is 2.11. The van der Waals surface area contributed by atoms with Gasteiger partial charge in [-0.15, -0.1) is 0 Å². The Morgan fingerprint density at radius 2 is 1.94 bits per heavy atom. The van der Waals surface area contributed by atoms with Crippen LogP contribution in [0, 0.1) is 12.7 Å². The number of Topliss-reactive ketones (excluding diaryl/α,β-unsaturated/α-hetero) is 1. The molecule has 0 atom stereocenters. The second-order valence-electron chi connectivity index (χ2n) is 5.54. The average molecular weight is 249 g/mol. The number of hydrogen-bond donors (Lipinski definition) is 1. The van der Waals surface area contributed by atoms with Gasteiger partial charge in [-0.2, -0.15) is 0 Å². The first-order chi connectivity index (χ1) is 8.48. The van der Waals surface area contributed by atoms with Crippen LogP contribution in [-0.2, 0) is 0 Å². The zero-order chi connectivity index (χ0) is 13.2. The van der Waals surface area contributed by atoms with Gasteiger partial charge >= 0.3 is 0 Å². The lowest BCUT2D eigenvalue weighted by Crippen LogP contribution is -2.43. The first-order valence-electron chi connectivity index (χ1n) is 6.58. The molecule has 1 saturated carbocycles. The molecule has 1 aliphatic rings. The highest BCUT2D eigenvalue weighted by atomic mass is 19.1. The second kappa shape index (κ2) is 5.19. The summed E-state index contributed by atoms with van der Waals surface area (Å²) in [5.74, 6) is -0.393. The Kier molecular flexibility index (Phi) is 3.81. The first kappa shape index (κ1) is 13.2. The lowest BCUT2D eigenvalue weighted by Gasteiger charge is -2.32. The maximum Gasteiger partial charge on any atom is 0.164 e. The van der Waals surface area contributed by atoms with Gasteiger partial charge in [0, 0.05) is 17.5 Å². The van der Waals surface area contributed by atoms with Gasteiger partial charge in [0.25, 0.3) is 0 Å². The van der Waals surface area contributed by atoms with E-state index in [1.54, 1.807) is 13.0 Å². The van der Waals surface area contributed by atoms with Crippen molar-refractivity contribution < 1.29 is 9.18 Å². The maximum atomic E-state index is 13.3. The van der Waals surface area contributed by atoms with E-state index < -0.39 is 0 Å². The molecule has 98 valence electrons. The van der Waals surface area contributed by atoms with E-state index >= 15 is 0 Å². The molecule has 0 radical (unpaired) electrons. The van der Waals surface area contributed by atoms with Crippen LogP contribution in [0.2, 0.25) is 0 Å². The summed E-state index contributed by atoms with van der Waals surface area (Å²) in [4.78, 5) is 12.2. The van der Waals surface area contributed by atoms with Crippen LogP contribution in [0.4, 0.5) is 4.39 Å². The van der Waals surface area contributed by atoms with E-state index in [9.17, 15) is 9.18 Å². The first-order valence-corrected chi connectivity index (χ1v) is 6.58. The smallest absolute Gasteiger partial charge is 0.164 e. The quantitative estimate of drug-likeness (QED) is 0.835. The van der Waals surface area contributed by atoms with E-state index in [1.165, 1.54) is 18.6 Å². The van der Waals surface area contributed by atoms with Gasteiger partial charge in [-0.25, -0.2) is 4.39 Å². The zero-order valence-corrected chi connectivity index (χ0v) is 10.8. The third kappa shape index (κ3) is 3.16. The van der Waals surface area contributed by atoms with Crippen LogP contribution in [0.25, 0.3) is 0 Å². The number of hydrogen-bond acceptors (Lipinski definition) is 2. The summed E-state index contributed by atoms with van der Waals surface area (Å²) in [6.45, 7) is 1.79. The molecule has 0 unspecified atom stereocenters. The summed E-state index contributed by atoms with van der Waals surface area (Å²) in [6.07, 6.45) is 5.50. The molecule has 3 heteroatoms. The molecule has 1 fully saturated rings. The lowest BCUT2D eigenvalue weighted by atomic mass is 9.78. The number of nitrogens with two attached hydrogens (primary N) is 1. The van der Waals surface area contributed by atoms with Crippen LogP contribution in [0.1, 0.15) is 54.4 Å². The third-order valence-electron chi connectivity index (χ3n) is 3.73. The van der Waals surface area contributed by atoms with E-state index in [2.05, 4.69) is 0 Å². The molecule has 0 bridgehead atoms. The monoisotopic (exact) mass is 249 g/mol. The molecule has 0 saturated heterocycles. The molecule has 2 rings (SSSR count). The molecule has 0 aromatic heterocycles. The minimum atomic E-state index is -0.379. The van der Waals surface area contributed by atoms with Gasteiger partial charge in [-0.1, -0.05) is 19.3 Å². The van der Waals surface area contributed by atoms with Crippen LogP contribution in [-0.4, -0.2) is 11.3 Å². The van der Waals surface area contributed by atoms with Crippen molar-refractivity contribution in [1.82, 2.24) is 0 Å². The molecular formula is C15H20FNO. The van der Waals surface area contributed by atoms with Crippen molar-refractivity contribution >= 4 is 5.78 Å². The van der Waals surface area contributed by atoms with Gasteiger partial charge in [-0.3, -0.25) is 4.79 Å². The SMILES string of the molecule is Cc1cc(F)cc(C(=O)CC2(N)CCCCC2)c1. The third-order valence-corrected chi connectivity index (χ3v) is 3.73. The summed E-state index contributed by atoms with van der Waals surface area (Å²) in [6, 6.07) is 4.47.